The molecule has 0 atom stereocenters. The Morgan fingerprint density at radius 3 is 2.33 bits per heavy atom. The van der Waals surface area contributed by atoms with Crippen LogP contribution in [0.1, 0.15) is 6.42 Å². The van der Waals surface area contributed by atoms with Crippen molar-refractivity contribution in [1.82, 2.24) is 4.90 Å². The molecule has 0 aliphatic heterocycles. The molecule has 90 valence electrons. The lowest BCUT2D eigenvalue weighted by atomic mass is 10.3. The van der Waals surface area contributed by atoms with Gasteiger partial charge in [-0.25, -0.2) is 0 Å². The predicted molar refractivity (Wildman–Crippen MR) is 53.8 cm³/mol. The molecule has 0 saturated heterocycles. The number of hydrogen-bond donors (Lipinski definition) is 1. The Balaban J connectivity index is 0. The lowest BCUT2D eigenvalue weighted by molar-refractivity contribution is -0.159. The average molecular weight is 247 g/mol. The molecule has 2 N–H and O–H groups in total. The Hall–Kier alpha value is -0.750. The maximum Gasteiger partial charge on any atom is 0.406 e. The molecular weight excluding hydrogens is 233 g/mol. The number of rotatable bonds is 5. The van der Waals surface area contributed by atoms with E-state index in [1.165, 1.54) is 6.08 Å². The monoisotopic (exact) mass is 246 g/mol. The first-order valence-corrected chi connectivity index (χ1v) is 4.06. The number of nitrogens with zero attached hydrogens (tertiary/aromatic N) is 1. The number of halogens is 4. The zero-order valence-electron chi connectivity index (χ0n) is 8.09. The highest BCUT2D eigenvalue weighted by Gasteiger charge is 2.32. The SMILES string of the molecule is C=CCN(CC(F)(F)F)C(=O)CCN.Cl. The van der Waals surface area contributed by atoms with Gasteiger partial charge in [0, 0.05) is 19.5 Å². The van der Waals surface area contributed by atoms with E-state index in [0.717, 1.165) is 0 Å². The number of amides is 1. The van der Waals surface area contributed by atoms with Crippen LogP contribution in [0.15, 0.2) is 12.7 Å². The Bertz CT molecular complexity index is 209. The fourth-order valence-corrected chi connectivity index (χ4v) is 0.908. The van der Waals surface area contributed by atoms with Gasteiger partial charge in [-0.1, -0.05) is 6.08 Å². The van der Waals surface area contributed by atoms with Crippen LogP contribution in [0.3, 0.4) is 0 Å². The topological polar surface area (TPSA) is 46.3 Å². The second-order valence-corrected chi connectivity index (χ2v) is 2.72. The lowest BCUT2D eigenvalue weighted by Crippen LogP contribution is -2.39. The minimum absolute atomic E-state index is 0. The number of nitrogens with two attached hydrogens (primary N) is 1. The van der Waals surface area contributed by atoms with Crippen molar-refractivity contribution in [3.63, 3.8) is 0 Å². The zero-order chi connectivity index (χ0) is 11.2. The van der Waals surface area contributed by atoms with Gasteiger partial charge >= 0.3 is 6.18 Å². The summed E-state index contributed by atoms with van der Waals surface area (Å²) in [5.74, 6) is -0.607. The summed E-state index contributed by atoms with van der Waals surface area (Å²) in [5.41, 5.74) is 5.07. The minimum Gasteiger partial charge on any atom is -0.330 e. The van der Waals surface area contributed by atoms with Gasteiger partial charge in [-0.2, -0.15) is 13.2 Å². The molecule has 0 spiro atoms. The van der Waals surface area contributed by atoms with E-state index in [9.17, 15) is 18.0 Å². The molecule has 0 aromatic rings. The van der Waals surface area contributed by atoms with Crippen molar-refractivity contribution in [2.45, 2.75) is 12.6 Å². The average Bonchev–Trinajstić information content (AvgIpc) is 2.01. The van der Waals surface area contributed by atoms with Crippen LogP contribution in [0, 0.1) is 0 Å². The molecule has 15 heavy (non-hydrogen) atoms. The Labute approximate surface area is 92.5 Å². The van der Waals surface area contributed by atoms with E-state index in [1.54, 1.807) is 0 Å². The van der Waals surface area contributed by atoms with Gasteiger partial charge in [0.25, 0.3) is 0 Å². The fraction of sp³-hybridized carbons (Fsp3) is 0.625. The molecule has 0 aliphatic carbocycles. The molecule has 0 fully saturated rings. The molecule has 3 nitrogen and oxygen atoms in total. The van der Waals surface area contributed by atoms with Crippen molar-refractivity contribution >= 4 is 18.3 Å². The maximum atomic E-state index is 12.0. The van der Waals surface area contributed by atoms with Crippen LogP contribution in [0.4, 0.5) is 13.2 Å². The third kappa shape index (κ3) is 8.26. The van der Waals surface area contributed by atoms with Crippen LogP contribution in [-0.2, 0) is 4.79 Å². The van der Waals surface area contributed by atoms with Crippen molar-refractivity contribution in [3.8, 4) is 0 Å². The summed E-state index contributed by atoms with van der Waals surface area (Å²) in [4.78, 5) is 11.8. The maximum absolute atomic E-state index is 12.0. The molecule has 0 bridgehead atoms. The second kappa shape index (κ2) is 7.53. The molecule has 0 unspecified atom stereocenters. The van der Waals surface area contributed by atoms with Crippen molar-refractivity contribution in [3.05, 3.63) is 12.7 Å². The standard InChI is InChI=1S/C8H13F3N2O.ClH/c1-2-5-13(6-8(9,10)11)7(14)3-4-12;/h2H,1,3-6,12H2;1H. The van der Waals surface area contributed by atoms with Gasteiger partial charge < -0.3 is 10.6 Å². The number of carbonyl (C=O) groups excluding carboxylic acids is 1. The summed E-state index contributed by atoms with van der Waals surface area (Å²) in [7, 11) is 0. The molecule has 0 aromatic heterocycles. The fourth-order valence-electron chi connectivity index (χ4n) is 0.908. The second-order valence-electron chi connectivity index (χ2n) is 2.72. The molecule has 0 aliphatic rings. The van der Waals surface area contributed by atoms with Gasteiger partial charge in [-0.15, -0.1) is 19.0 Å². The first kappa shape index (κ1) is 16.7. The van der Waals surface area contributed by atoms with Crippen LogP contribution < -0.4 is 5.73 Å². The van der Waals surface area contributed by atoms with E-state index in [1.807, 2.05) is 0 Å². The molecule has 0 heterocycles. The smallest absolute Gasteiger partial charge is 0.330 e. The molecule has 0 aromatic carbocycles. The molecule has 0 radical (unpaired) electrons. The quantitative estimate of drug-likeness (QED) is 0.744. The summed E-state index contributed by atoms with van der Waals surface area (Å²) in [5, 5.41) is 0. The van der Waals surface area contributed by atoms with Crippen molar-refractivity contribution < 1.29 is 18.0 Å². The van der Waals surface area contributed by atoms with Crippen molar-refractivity contribution in [2.24, 2.45) is 5.73 Å². The summed E-state index contributed by atoms with van der Waals surface area (Å²) < 4.78 is 35.9. The van der Waals surface area contributed by atoms with E-state index in [4.69, 9.17) is 5.73 Å². The van der Waals surface area contributed by atoms with Gasteiger partial charge in [-0.05, 0) is 0 Å². The van der Waals surface area contributed by atoms with Gasteiger partial charge in [-0.3, -0.25) is 4.79 Å². The highest BCUT2D eigenvalue weighted by molar-refractivity contribution is 5.85. The van der Waals surface area contributed by atoms with E-state index in [0.29, 0.717) is 4.90 Å². The number of hydrogen-bond acceptors (Lipinski definition) is 2. The molecule has 0 saturated carbocycles. The number of carbonyl (C=O) groups is 1. The third-order valence-corrected chi connectivity index (χ3v) is 1.43. The highest BCUT2D eigenvalue weighted by Crippen LogP contribution is 2.16. The highest BCUT2D eigenvalue weighted by atomic mass is 35.5. The van der Waals surface area contributed by atoms with Gasteiger partial charge in [0.2, 0.25) is 5.91 Å². The van der Waals surface area contributed by atoms with Crippen molar-refractivity contribution in [2.75, 3.05) is 19.6 Å². The molecule has 1 amide bonds. The van der Waals surface area contributed by atoms with Gasteiger partial charge in [0.1, 0.15) is 6.54 Å². The Morgan fingerprint density at radius 2 is 2.00 bits per heavy atom. The normalized spacial score (nSPS) is 10.4. The van der Waals surface area contributed by atoms with Crippen LogP contribution in [0.5, 0.6) is 0 Å². The summed E-state index contributed by atoms with van der Waals surface area (Å²) in [6, 6.07) is 0. The van der Waals surface area contributed by atoms with E-state index >= 15 is 0 Å². The van der Waals surface area contributed by atoms with E-state index in [-0.39, 0.29) is 31.9 Å². The summed E-state index contributed by atoms with van der Waals surface area (Å²) in [6.45, 7) is 1.96. The Kier molecular flexibility index (Phi) is 8.37. The van der Waals surface area contributed by atoms with Gasteiger partial charge in [0.05, 0.1) is 0 Å². The first-order valence-electron chi connectivity index (χ1n) is 4.06. The predicted octanol–water partition coefficient (Wildman–Crippen LogP) is 1.33. The largest absolute Gasteiger partial charge is 0.406 e. The van der Waals surface area contributed by atoms with Crippen LogP contribution >= 0.6 is 12.4 Å². The zero-order valence-corrected chi connectivity index (χ0v) is 8.90. The van der Waals surface area contributed by atoms with Crippen LogP contribution in [0.2, 0.25) is 0 Å². The van der Waals surface area contributed by atoms with Crippen LogP contribution in [0.25, 0.3) is 0 Å². The Morgan fingerprint density at radius 1 is 1.47 bits per heavy atom. The lowest BCUT2D eigenvalue weighted by Gasteiger charge is -2.22. The minimum atomic E-state index is -4.38. The van der Waals surface area contributed by atoms with Gasteiger partial charge in [0.15, 0.2) is 0 Å². The summed E-state index contributed by atoms with van der Waals surface area (Å²) >= 11 is 0. The molecule has 0 rings (SSSR count). The van der Waals surface area contributed by atoms with E-state index in [2.05, 4.69) is 6.58 Å². The van der Waals surface area contributed by atoms with E-state index < -0.39 is 18.6 Å². The summed E-state index contributed by atoms with van der Waals surface area (Å²) in [6.07, 6.45) is -3.21. The van der Waals surface area contributed by atoms with Crippen molar-refractivity contribution in [1.29, 1.82) is 0 Å². The molecule has 7 heteroatoms. The third-order valence-electron chi connectivity index (χ3n) is 1.43. The molecular formula is C8H14ClF3N2O. The number of alkyl halides is 3. The van der Waals surface area contributed by atoms with Crippen LogP contribution in [-0.4, -0.2) is 36.6 Å². The first-order chi connectivity index (χ1) is 6.40.